The average molecular weight is 434 g/mol. The SMILES string of the molecule is CC(C)C(=N)c1ccc(Cc2cc(C3OC(CO)C(O)C(O)C3O)ccc2Cl)cc1. The summed E-state index contributed by atoms with van der Waals surface area (Å²) in [6.07, 6.45) is -5.47. The lowest BCUT2D eigenvalue weighted by Crippen LogP contribution is -2.55. The first-order valence-electron chi connectivity index (χ1n) is 9.99. The molecule has 0 aromatic heterocycles. The largest absolute Gasteiger partial charge is 0.394 e. The van der Waals surface area contributed by atoms with Crippen LogP contribution in [0.3, 0.4) is 0 Å². The maximum Gasteiger partial charge on any atom is 0.113 e. The van der Waals surface area contributed by atoms with E-state index >= 15 is 0 Å². The summed E-state index contributed by atoms with van der Waals surface area (Å²) in [4.78, 5) is 0. The van der Waals surface area contributed by atoms with Crippen molar-refractivity contribution >= 4 is 17.3 Å². The van der Waals surface area contributed by atoms with Crippen LogP contribution < -0.4 is 0 Å². The smallest absolute Gasteiger partial charge is 0.113 e. The van der Waals surface area contributed by atoms with E-state index in [1.165, 1.54) is 0 Å². The van der Waals surface area contributed by atoms with E-state index < -0.39 is 37.1 Å². The molecule has 0 spiro atoms. The second-order valence-electron chi connectivity index (χ2n) is 8.04. The molecule has 162 valence electrons. The molecule has 0 saturated carbocycles. The molecule has 1 aliphatic heterocycles. The molecule has 2 aromatic carbocycles. The third kappa shape index (κ3) is 4.75. The molecule has 5 N–H and O–H groups in total. The van der Waals surface area contributed by atoms with Gasteiger partial charge in [-0.05, 0) is 40.7 Å². The van der Waals surface area contributed by atoms with Crippen LogP contribution >= 0.6 is 11.6 Å². The standard InChI is InChI=1S/C23H28ClNO5/c1-12(2)19(25)14-5-3-13(4-6-14)9-16-10-15(7-8-17(16)24)23-22(29)21(28)20(27)18(11-26)30-23/h3-8,10,12,18,20-23,25-29H,9,11H2,1-2H3. The third-order valence-corrected chi connectivity index (χ3v) is 5.90. The van der Waals surface area contributed by atoms with Crippen LogP contribution in [-0.2, 0) is 11.2 Å². The van der Waals surface area contributed by atoms with Crippen molar-refractivity contribution in [1.29, 1.82) is 5.41 Å². The minimum Gasteiger partial charge on any atom is -0.394 e. The number of hydrogen-bond donors (Lipinski definition) is 5. The molecule has 3 rings (SSSR count). The molecule has 1 heterocycles. The highest BCUT2D eigenvalue weighted by Crippen LogP contribution is 2.34. The molecular formula is C23H28ClNO5. The van der Waals surface area contributed by atoms with Gasteiger partial charge in [-0.15, -0.1) is 0 Å². The summed E-state index contributed by atoms with van der Waals surface area (Å²) in [5.41, 5.74) is 3.91. The van der Waals surface area contributed by atoms with E-state index in [0.717, 1.165) is 16.7 Å². The lowest BCUT2D eigenvalue weighted by molar-refractivity contribution is -0.231. The van der Waals surface area contributed by atoms with Gasteiger partial charge in [-0.3, -0.25) is 0 Å². The van der Waals surface area contributed by atoms with Crippen LogP contribution in [0.2, 0.25) is 5.02 Å². The Balaban J connectivity index is 1.82. The third-order valence-electron chi connectivity index (χ3n) is 5.53. The molecule has 7 heteroatoms. The fraction of sp³-hybridized carbons (Fsp3) is 0.435. The second kappa shape index (κ2) is 9.56. The lowest BCUT2D eigenvalue weighted by atomic mass is 9.90. The molecule has 5 atom stereocenters. The van der Waals surface area contributed by atoms with Crippen LogP contribution in [0.15, 0.2) is 42.5 Å². The van der Waals surface area contributed by atoms with E-state index in [4.69, 9.17) is 21.7 Å². The summed E-state index contributed by atoms with van der Waals surface area (Å²) >= 11 is 6.39. The Kier molecular flexibility index (Phi) is 7.29. The highest BCUT2D eigenvalue weighted by atomic mass is 35.5. The zero-order valence-corrected chi connectivity index (χ0v) is 17.8. The minimum absolute atomic E-state index is 0.153. The summed E-state index contributed by atoms with van der Waals surface area (Å²) < 4.78 is 5.65. The summed E-state index contributed by atoms with van der Waals surface area (Å²) in [6.45, 7) is 3.50. The molecular weight excluding hydrogens is 406 g/mol. The van der Waals surface area contributed by atoms with E-state index in [9.17, 15) is 20.4 Å². The Hall–Kier alpha value is -1.80. The van der Waals surface area contributed by atoms with Crippen LogP contribution in [0.1, 0.15) is 42.2 Å². The molecule has 5 unspecified atom stereocenters. The number of aliphatic hydroxyl groups excluding tert-OH is 4. The van der Waals surface area contributed by atoms with Crippen molar-refractivity contribution in [1.82, 2.24) is 0 Å². The van der Waals surface area contributed by atoms with Gasteiger partial charge in [0.2, 0.25) is 0 Å². The monoisotopic (exact) mass is 433 g/mol. The Bertz CT molecular complexity index is 884. The van der Waals surface area contributed by atoms with Gasteiger partial charge < -0.3 is 30.6 Å². The van der Waals surface area contributed by atoms with Crippen LogP contribution in [0.4, 0.5) is 0 Å². The molecule has 0 amide bonds. The number of hydrogen-bond acceptors (Lipinski definition) is 6. The van der Waals surface area contributed by atoms with Crippen LogP contribution in [0.5, 0.6) is 0 Å². The number of nitrogens with one attached hydrogen (secondary N) is 1. The van der Waals surface area contributed by atoms with Gasteiger partial charge in [0, 0.05) is 10.7 Å². The zero-order chi connectivity index (χ0) is 22.0. The summed E-state index contributed by atoms with van der Waals surface area (Å²) in [6, 6.07) is 13.0. The van der Waals surface area contributed by atoms with E-state index in [0.29, 0.717) is 22.7 Å². The first-order valence-corrected chi connectivity index (χ1v) is 10.4. The van der Waals surface area contributed by atoms with E-state index in [-0.39, 0.29) is 5.92 Å². The average Bonchev–Trinajstić information content (AvgIpc) is 2.74. The van der Waals surface area contributed by atoms with E-state index in [2.05, 4.69) is 0 Å². The number of benzene rings is 2. The molecule has 0 bridgehead atoms. The van der Waals surface area contributed by atoms with Crippen molar-refractivity contribution in [2.24, 2.45) is 5.92 Å². The highest BCUT2D eigenvalue weighted by Gasteiger charge is 2.44. The number of aliphatic hydroxyl groups is 4. The van der Waals surface area contributed by atoms with Crippen molar-refractivity contribution in [3.05, 3.63) is 69.7 Å². The fourth-order valence-corrected chi connectivity index (χ4v) is 3.82. The molecule has 1 aliphatic rings. The molecule has 0 radical (unpaired) electrons. The summed E-state index contributed by atoms with van der Waals surface area (Å²) in [7, 11) is 0. The van der Waals surface area contributed by atoms with E-state index in [1.807, 2.05) is 38.1 Å². The Labute approximate surface area is 181 Å². The van der Waals surface area contributed by atoms with Gasteiger partial charge in [-0.25, -0.2) is 0 Å². The van der Waals surface area contributed by atoms with E-state index in [1.54, 1.807) is 18.2 Å². The topological polar surface area (TPSA) is 114 Å². The van der Waals surface area contributed by atoms with Crippen LogP contribution in [0, 0.1) is 11.3 Å². The Morgan fingerprint density at radius 3 is 2.30 bits per heavy atom. The maximum atomic E-state index is 10.4. The van der Waals surface area contributed by atoms with Crippen molar-refractivity contribution in [2.45, 2.75) is 50.8 Å². The van der Waals surface area contributed by atoms with Gasteiger partial charge in [0.25, 0.3) is 0 Å². The minimum atomic E-state index is -1.43. The van der Waals surface area contributed by atoms with Gasteiger partial charge in [0.05, 0.1) is 6.61 Å². The Morgan fingerprint density at radius 1 is 1.03 bits per heavy atom. The highest BCUT2D eigenvalue weighted by molar-refractivity contribution is 6.31. The normalized spacial score (nSPS) is 26.7. The van der Waals surface area contributed by atoms with Gasteiger partial charge in [0.15, 0.2) is 0 Å². The lowest BCUT2D eigenvalue weighted by Gasteiger charge is -2.40. The van der Waals surface area contributed by atoms with Crippen molar-refractivity contribution < 1.29 is 25.2 Å². The van der Waals surface area contributed by atoms with Crippen molar-refractivity contribution in [2.75, 3.05) is 6.61 Å². The maximum absolute atomic E-state index is 10.4. The number of halogens is 1. The number of ether oxygens (including phenoxy) is 1. The van der Waals surface area contributed by atoms with Gasteiger partial charge in [-0.2, -0.15) is 0 Å². The van der Waals surface area contributed by atoms with Crippen molar-refractivity contribution in [3.63, 3.8) is 0 Å². The number of rotatable bonds is 6. The predicted octanol–water partition coefficient (Wildman–Crippen LogP) is 2.47. The molecule has 1 saturated heterocycles. The molecule has 0 aliphatic carbocycles. The van der Waals surface area contributed by atoms with Crippen molar-refractivity contribution in [3.8, 4) is 0 Å². The quantitative estimate of drug-likeness (QED) is 0.449. The summed E-state index contributed by atoms with van der Waals surface area (Å²) in [5.74, 6) is 0.153. The van der Waals surface area contributed by atoms with Gasteiger partial charge in [-0.1, -0.05) is 61.8 Å². The van der Waals surface area contributed by atoms with Gasteiger partial charge >= 0.3 is 0 Å². The Morgan fingerprint density at radius 2 is 1.70 bits per heavy atom. The molecule has 6 nitrogen and oxygen atoms in total. The predicted molar refractivity (Wildman–Crippen MR) is 115 cm³/mol. The fourth-order valence-electron chi connectivity index (χ4n) is 3.64. The van der Waals surface area contributed by atoms with Crippen LogP contribution in [0.25, 0.3) is 0 Å². The molecule has 30 heavy (non-hydrogen) atoms. The molecule has 1 fully saturated rings. The van der Waals surface area contributed by atoms with Crippen LogP contribution in [-0.4, -0.2) is 57.2 Å². The zero-order valence-electron chi connectivity index (χ0n) is 17.0. The first kappa shape index (κ1) is 22.9. The first-order chi connectivity index (χ1) is 14.2. The van der Waals surface area contributed by atoms with Gasteiger partial charge in [0.1, 0.15) is 30.5 Å². The molecule has 2 aromatic rings. The summed E-state index contributed by atoms with van der Waals surface area (Å²) in [5, 5.41) is 48.5. The second-order valence-corrected chi connectivity index (χ2v) is 8.45.